The second kappa shape index (κ2) is 5.84. The minimum Gasteiger partial charge on any atom is -0.293 e. The van der Waals surface area contributed by atoms with Gasteiger partial charge in [0.25, 0.3) is 0 Å². The summed E-state index contributed by atoms with van der Waals surface area (Å²) >= 11 is 0. The molecule has 1 aromatic carbocycles. The first-order valence-corrected chi connectivity index (χ1v) is 7.38. The summed E-state index contributed by atoms with van der Waals surface area (Å²) in [5.41, 5.74) is 2.54. The zero-order valence-corrected chi connectivity index (χ0v) is 11.9. The van der Waals surface area contributed by atoms with E-state index in [1.807, 2.05) is 25.1 Å². The van der Waals surface area contributed by atoms with E-state index in [9.17, 15) is 4.21 Å². The first-order valence-electron chi connectivity index (χ1n) is 5.82. The van der Waals surface area contributed by atoms with Gasteiger partial charge < -0.3 is 0 Å². The molecule has 0 aliphatic rings. The SMILES string of the molecule is CN=C(C)c1c(-c2ncccn2)cccc1S(C)=O. The van der Waals surface area contributed by atoms with Crippen molar-refractivity contribution >= 4 is 16.5 Å². The molecular formula is C14H15N3OS. The van der Waals surface area contributed by atoms with Crippen LogP contribution in [0.4, 0.5) is 0 Å². The molecule has 1 heterocycles. The molecule has 1 unspecified atom stereocenters. The fourth-order valence-electron chi connectivity index (χ4n) is 1.88. The molecule has 98 valence electrons. The number of nitrogens with zero attached hydrogens (tertiary/aromatic N) is 3. The molecular weight excluding hydrogens is 258 g/mol. The van der Waals surface area contributed by atoms with Crippen molar-refractivity contribution in [3.8, 4) is 11.4 Å². The van der Waals surface area contributed by atoms with Crippen LogP contribution >= 0.6 is 0 Å². The average molecular weight is 273 g/mol. The second-order valence-corrected chi connectivity index (χ2v) is 5.36. The number of rotatable bonds is 3. The summed E-state index contributed by atoms with van der Waals surface area (Å²) in [6.07, 6.45) is 5.05. The van der Waals surface area contributed by atoms with E-state index < -0.39 is 10.8 Å². The van der Waals surface area contributed by atoms with Gasteiger partial charge in [0, 0.05) is 47.4 Å². The lowest BCUT2D eigenvalue weighted by Crippen LogP contribution is -2.06. The lowest BCUT2D eigenvalue weighted by Gasteiger charge is -2.12. The fraction of sp³-hybridized carbons (Fsp3) is 0.214. The zero-order valence-electron chi connectivity index (χ0n) is 11.1. The van der Waals surface area contributed by atoms with E-state index >= 15 is 0 Å². The Labute approximate surface area is 115 Å². The van der Waals surface area contributed by atoms with Crippen LogP contribution in [0.15, 0.2) is 46.5 Å². The largest absolute Gasteiger partial charge is 0.293 e. The van der Waals surface area contributed by atoms with Gasteiger partial charge in [-0.3, -0.25) is 9.20 Å². The molecule has 0 aliphatic heterocycles. The summed E-state index contributed by atoms with van der Waals surface area (Å²) < 4.78 is 11.9. The molecule has 0 amide bonds. The maximum Gasteiger partial charge on any atom is 0.159 e. The van der Waals surface area contributed by atoms with Crippen LogP contribution < -0.4 is 0 Å². The van der Waals surface area contributed by atoms with Crippen LogP contribution in [-0.4, -0.2) is 33.2 Å². The summed E-state index contributed by atoms with van der Waals surface area (Å²) in [6.45, 7) is 1.90. The normalized spacial score (nSPS) is 13.3. The highest BCUT2D eigenvalue weighted by atomic mass is 32.2. The smallest absolute Gasteiger partial charge is 0.159 e. The Morgan fingerprint density at radius 2 is 1.89 bits per heavy atom. The van der Waals surface area contributed by atoms with Crippen molar-refractivity contribution in [1.29, 1.82) is 0 Å². The molecule has 4 nitrogen and oxygen atoms in total. The zero-order chi connectivity index (χ0) is 13.8. The molecule has 0 bridgehead atoms. The second-order valence-electron chi connectivity index (χ2n) is 4.01. The van der Waals surface area contributed by atoms with Crippen molar-refractivity contribution in [2.45, 2.75) is 11.8 Å². The predicted molar refractivity (Wildman–Crippen MR) is 77.9 cm³/mol. The van der Waals surface area contributed by atoms with Crippen molar-refractivity contribution in [2.24, 2.45) is 4.99 Å². The average Bonchev–Trinajstić information content (AvgIpc) is 2.46. The Kier molecular flexibility index (Phi) is 4.16. The Morgan fingerprint density at radius 3 is 2.47 bits per heavy atom. The lowest BCUT2D eigenvalue weighted by molar-refractivity contribution is 0.686. The van der Waals surface area contributed by atoms with Crippen molar-refractivity contribution in [3.05, 3.63) is 42.2 Å². The summed E-state index contributed by atoms with van der Waals surface area (Å²) in [5.74, 6) is 0.618. The topological polar surface area (TPSA) is 55.2 Å². The Bertz CT molecular complexity index is 638. The monoisotopic (exact) mass is 273 g/mol. The molecule has 2 aromatic rings. The van der Waals surface area contributed by atoms with Gasteiger partial charge in [-0.05, 0) is 19.1 Å². The van der Waals surface area contributed by atoms with Crippen LogP contribution in [0.1, 0.15) is 12.5 Å². The molecule has 0 saturated carbocycles. The summed E-state index contributed by atoms with van der Waals surface area (Å²) in [5, 5.41) is 0. The third-order valence-corrected chi connectivity index (χ3v) is 3.80. The first-order chi connectivity index (χ1) is 9.15. The number of aromatic nitrogens is 2. The predicted octanol–water partition coefficient (Wildman–Crippen LogP) is 2.32. The van der Waals surface area contributed by atoms with E-state index in [0.29, 0.717) is 5.82 Å². The van der Waals surface area contributed by atoms with E-state index in [0.717, 1.165) is 21.7 Å². The molecule has 1 aromatic heterocycles. The maximum absolute atomic E-state index is 11.9. The summed E-state index contributed by atoms with van der Waals surface area (Å²) in [4.78, 5) is 13.5. The van der Waals surface area contributed by atoms with Crippen LogP contribution in [0, 0.1) is 0 Å². The highest BCUT2D eigenvalue weighted by Gasteiger charge is 2.16. The first kappa shape index (κ1) is 13.5. The summed E-state index contributed by atoms with van der Waals surface area (Å²) in [7, 11) is 0.639. The molecule has 0 radical (unpaired) electrons. The van der Waals surface area contributed by atoms with Gasteiger partial charge in [-0.2, -0.15) is 0 Å². The molecule has 0 spiro atoms. The van der Waals surface area contributed by atoms with E-state index in [-0.39, 0.29) is 0 Å². The Balaban J connectivity index is 2.75. The number of hydrogen-bond donors (Lipinski definition) is 0. The van der Waals surface area contributed by atoms with Crippen molar-refractivity contribution in [1.82, 2.24) is 9.97 Å². The highest BCUT2D eigenvalue weighted by Crippen LogP contribution is 2.26. The van der Waals surface area contributed by atoms with Crippen molar-refractivity contribution in [3.63, 3.8) is 0 Å². The van der Waals surface area contributed by atoms with Gasteiger partial charge in [0.15, 0.2) is 5.82 Å². The minimum atomic E-state index is -1.08. The minimum absolute atomic E-state index is 0.618. The third-order valence-electron chi connectivity index (χ3n) is 2.84. The molecule has 0 fully saturated rings. The van der Waals surface area contributed by atoms with Gasteiger partial charge in [0.2, 0.25) is 0 Å². The number of hydrogen-bond acceptors (Lipinski definition) is 4. The molecule has 19 heavy (non-hydrogen) atoms. The quantitative estimate of drug-likeness (QED) is 0.806. The Hall–Kier alpha value is -1.88. The van der Waals surface area contributed by atoms with Crippen LogP contribution in [0.3, 0.4) is 0 Å². The lowest BCUT2D eigenvalue weighted by atomic mass is 10.0. The molecule has 2 rings (SSSR count). The van der Waals surface area contributed by atoms with Gasteiger partial charge >= 0.3 is 0 Å². The number of benzene rings is 1. The van der Waals surface area contributed by atoms with Crippen LogP contribution in [-0.2, 0) is 10.8 Å². The van der Waals surface area contributed by atoms with Crippen LogP contribution in [0.2, 0.25) is 0 Å². The van der Waals surface area contributed by atoms with Crippen LogP contribution in [0.25, 0.3) is 11.4 Å². The van der Waals surface area contributed by atoms with Crippen LogP contribution in [0.5, 0.6) is 0 Å². The van der Waals surface area contributed by atoms with Gasteiger partial charge in [0.05, 0.1) is 10.8 Å². The summed E-state index contributed by atoms with van der Waals surface area (Å²) in [6, 6.07) is 7.42. The Morgan fingerprint density at radius 1 is 1.21 bits per heavy atom. The molecule has 1 atom stereocenters. The molecule has 0 N–H and O–H groups in total. The van der Waals surface area contributed by atoms with E-state index in [1.54, 1.807) is 31.8 Å². The standard InChI is InChI=1S/C14H15N3OS/c1-10(15-2)13-11(14-16-8-5-9-17-14)6-4-7-12(13)19(3)18/h4-9H,1-3H3. The third kappa shape index (κ3) is 2.76. The van der Waals surface area contributed by atoms with Crippen molar-refractivity contribution in [2.75, 3.05) is 13.3 Å². The maximum atomic E-state index is 11.9. The molecule has 0 saturated heterocycles. The van der Waals surface area contributed by atoms with Crippen molar-refractivity contribution < 1.29 is 4.21 Å². The van der Waals surface area contributed by atoms with Gasteiger partial charge in [0.1, 0.15) is 0 Å². The van der Waals surface area contributed by atoms with Gasteiger partial charge in [-0.15, -0.1) is 0 Å². The molecule has 5 heteroatoms. The van der Waals surface area contributed by atoms with E-state index in [4.69, 9.17) is 0 Å². The van der Waals surface area contributed by atoms with E-state index in [2.05, 4.69) is 15.0 Å². The highest BCUT2D eigenvalue weighted by molar-refractivity contribution is 7.84. The van der Waals surface area contributed by atoms with Gasteiger partial charge in [-0.25, -0.2) is 9.97 Å². The van der Waals surface area contributed by atoms with E-state index in [1.165, 1.54) is 0 Å². The fourth-order valence-corrected chi connectivity index (χ4v) is 2.70. The number of aliphatic imine (C=N–C) groups is 1. The molecule has 0 aliphatic carbocycles. The van der Waals surface area contributed by atoms with Gasteiger partial charge in [-0.1, -0.05) is 12.1 Å².